The van der Waals surface area contributed by atoms with Crippen LogP contribution in [0.1, 0.15) is 23.3 Å². The second-order valence-corrected chi connectivity index (χ2v) is 6.29. The van der Waals surface area contributed by atoms with Gasteiger partial charge in [-0.15, -0.1) is 0 Å². The van der Waals surface area contributed by atoms with Gasteiger partial charge >= 0.3 is 0 Å². The molecule has 22 heavy (non-hydrogen) atoms. The van der Waals surface area contributed by atoms with E-state index in [-0.39, 0.29) is 11.9 Å². The van der Waals surface area contributed by atoms with Crippen LogP contribution in [-0.2, 0) is 0 Å². The Morgan fingerprint density at radius 2 is 2.32 bits per heavy atom. The minimum atomic E-state index is -0.0957. The smallest absolute Gasteiger partial charge is 0.270 e. The van der Waals surface area contributed by atoms with Crippen LogP contribution < -0.4 is 10.6 Å². The van der Waals surface area contributed by atoms with E-state index in [0.29, 0.717) is 17.2 Å². The Morgan fingerprint density at radius 1 is 1.41 bits per heavy atom. The third kappa shape index (κ3) is 2.43. The molecule has 0 aliphatic carbocycles. The standard InChI is InChI=1S/C16H20N4O2/c1-17-15-6-11-5-13(18-7-14(11)22-15)16(21)19-12-4-10-2-3-20(8-10)9-12/h5-7,10,12,17H,2-4,8-9H2,1H3,(H,19,21). The van der Waals surface area contributed by atoms with Crippen LogP contribution in [0.25, 0.3) is 11.0 Å². The van der Waals surface area contributed by atoms with Crippen LogP contribution in [0.3, 0.4) is 0 Å². The molecular formula is C16H20N4O2. The summed E-state index contributed by atoms with van der Waals surface area (Å²) in [7, 11) is 1.80. The number of piperidine rings is 1. The van der Waals surface area contributed by atoms with Crippen LogP contribution in [0, 0.1) is 5.92 Å². The summed E-state index contributed by atoms with van der Waals surface area (Å²) in [4.78, 5) is 19.1. The van der Waals surface area contributed by atoms with Crippen molar-refractivity contribution in [3.63, 3.8) is 0 Å². The van der Waals surface area contributed by atoms with Crippen molar-refractivity contribution in [2.24, 2.45) is 5.92 Å². The minimum Gasteiger partial charge on any atom is -0.439 e. The van der Waals surface area contributed by atoms with Crippen molar-refractivity contribution in [3.05, 3.63) is 24.0 Å². The number of carbonyl (C=O) groups is 1. The number of amides is 1. The number of pyridine rings is 1. The average Bonchev–Trinajstić information content (AvgIpc) is 3.09. The molecule has 0 radical (unpaired) electrons. The van der Waals surface area contributed by atoms with E-state index in [9.17, 15) is 4.79 Å². The van der Waals surface area contributed by atoms with Gasteiger partial charge in [0.1, 0.15) is 5.69 Å². The SMILES string of the molecule is CNc1cc2cc(C(=O)NC3CC4CCN(C4)C3)ncc2o1. The zero-order valence-corrected chi connectivity index (χ0v) is 12.6. The number of hydrogen-bond acceptors (Lipinski definition) is 5. The molecule has 2 aromatic rings. The maximum absolute atomic E-state index is 12.4. The molecule has 116 valence electrons. The number of aromatic nitrogens is 1. The molecule has 3 unspecified atom stereocenters. The quantitative estimate of drug-likeness (QED) is 0.903. The summed E-state index contributed by atoms with van der Waals surface area (Å²) >= 11 is 0. The highest BCUT2D eigenvalue weighted by atomic mass is 16.3. The molecule has 2 saturated heterocycles. The minimum absolute atomic E-state index is 0.0957. The highest BCUT2D eigenvalue weighted by Gasteiger charge is 2.33. The summed E-state index contributed by atoms with van der Waals surface area (Å²) in [5, 5.41) is 6.97. The lowest BCUT2D eigenvalue weighted by Crippen LogP contribution is -2.47. The van der Waals surface area contributed by atoms with Crippen LogP contribution in [0.15, 0.2) is 22.7 Å². The van der Waals surface area contributed by atoms with E-state index >= 15 is 0 Å². The Kier molecular flexibility index (Phi) is 3.26. The Balaban J connectivity index is 1.50. The van der Waals surface area contributed by atoms with Crippen molar-refractivity contribution in [1.82, 2.24) is 15.2 Å². The summed E-state index contributed by atoms with van der Waals surface area (Å²) < 4.78 is 5.53. The lowest BCUT2D eigenvalue weighted by atomic mass is 9.97. The van der Waals surface area contributed by atoms with Crippen molar-refractivity contribution in [3.8, 4) is 0 Å². The maximum atomic E-state index is 12.4. The van der Waals surface area contributed by atoms with Crippen LogP contribution in [0.4, 0.5) is 5.88 Å². The van der Waals surface area contributed by atoms with Crippen molar-refractivity contribution >= 4 is 22.8 Å². The molecule has 6 heteroatoms. The van der Waals surface area contributed by atoms with E-state index in [4.69, 9.17) is 4.42 Å². The molecular weight excluding hydrogens is 280 g/mol. The largest absolute Gasteiger partial charge is 0.439 e. The summed E-state index contributed by atoms with van der Waals surface area (Å²) in [6, 6.07) is 3.90. The third-order valence-electron chi connectivity index (χ3n) is 4.68. The van der Waals surface area contributed by atoms with E-state index in [0.717, 1.165) is 24.3 Å². The summed E-state index contributed by atoms with van der Waals surface area (Å²) in [5.41, 5.74) is 1.13. The van der Waals surface area contributed by atoms with Crippen molar-refractivity contribution in [2.75, 3.05) is 32.0 Å². The fourth-order valence-electron chi connectivity index (χ4n) is 3.62. The Morgan fingerprint density at radius 3 is 3.14 bits per heavy atom. The first-order valence-corrected chi connectivity index (χ1v) is 7.82. The fourth-order valence-corrected chi connectivity index (χ4v) is 3.62. The molecule has 0 aromatic carbocycles. The first kappa shape index (κ1) is 13.6. The van der Waals surface area contributed by atoms with Gasteiger partial charge in [-0.1, -0.05) is 0 Å². The highest BCUT2D eigenvalue weighted by Crippen LogP contribution is 2.27. The van der Waals surface area contributed by atoms with Crippen molar-refractivity contribution in [1.29, 1.82) is 0 Å². The predicted octanol–water partition coefficient (Wildman–Crippen LogP) is 1.69. The first-order valence-electron chi connectivity index (χ1n) is 7.82. The van der Waals surface area contributed by atoms with E-state index in [2.05, 4.69) is 20.5 Å². The Hall–Kier alpha value is -2.08. The van der Waals surface area contributed by atoms with E-state index < -0.39 is 0 Å². The van der Waals surface area contributed by atoms with Gasteiger partial charge in [-0.3, -0.25) is 4.79 Å². The van der Waals surface area contributed by atoms with Gasteiger partial charge in [0.25, 0.3) is 5.91 Å². The highest BCUT2D eigenvalue weighted by molar-refractivity contribution is 5.96. The number of hydrogen-bond donors (Lipinski definition) is 2. The normalized spacial score (nSPS) is 27.0. The molecule has 2 aromatic heterocycles. The summed E-state index contributed by atoms with van der Waals surface area (Å²) in [6.45, 7) is 3.32. The van der Waals surface area contributed by atoms with Gasteiger partial charge in [0.05, 0.1) is 6.20 Å². The van der Waals surface area contributed by atoms with Gasteiger partial charge in [0.15, 0.2) is 11.5 Å². The number of carbonyl (C=O) groups excluding carboxylic acids is 1. The third-order valence-corrected chi connectivity index (χ3v) is 4.68. The monoisotopic (exact) mass is 300 g/mol. The first-order chi connectivity index (χ1) is 10.7. The molecule has 0 saturated carbocycles. The average molecular weight is 300 g/mol. The van der Waals surface area contributed by atoms with Crippen LogP contribution in [0.5, 0.6) is 0 Å². The molecule has 2 aliphatic heterocycles. The van der Waals surface area contributed by atoms with Crippen molar-refractivity contribution < 1.29 is 9.21 Å². The lowest BCUT2D eigenvalue weighted by molar-refractivity contribution is 0.0904. The Bertz CT molecular complexity index is 699. The lowest BCUT2D eigenvalue weighted by Gasteiger charge is -2.30. The number of nitrogens with one attached hydrogen (secondary N) is 2. The molecule has 2 bridgehead atoms. The van der Waals surface area contributed by atoms with Gasteiger partial charge < -0.3 is 20.0 Å². The summed E-state index contributed by atoms with van der Waals surface area (Å²) in [6.07, 6.45) is 3.96. The molecule has 4 rings (SSSR count). The van der Waals surface area contributed by atoms with Gasteiger partial charge in [0.2, 0.25) is 0 Å². The molecule has 6 nitrogen and oxygen atoms in total. The van der Waals surface area contributed by atoms with E-state index in [1.165, 1.54) is 19.5 Å². The number of rotatable bonds is 3. The second-order valence-electron chi connectivity index (χ2n) is 6.29. The molecule has 4 heterocycles. The van der Waals surface area contributed by atoms with Crippen molar-refractivity contribution in [2.45, 2.75) is 18.9 Å². The fraction of sp³-hybridized carbons (Fsp3) is 0.500. The molecule has 2 fully saturated rings. The summed E-state index contributed by atoms with van der Waals surface area (Å²) in [5.74, 6) is 1.31. The molecule has 3 atom stereocenters. The van der Waals surface area contributed by atoms with Gasteiger partial charge in [0, 0.05) is 37.6 Å². The second kappa shape index (κ2) is 5.28. The van der Waals surface area contributed by atoms with Gasteiger partial charge in [-0.25, -0.2) is 4.98 Å². The van der Waals surface area contributed by atoms with E-state index in [1.807, 2.05) is 6.07 Å². The van der Waals surface area contributed by atoms with Crippen LogP contribution in [-0.4, -0.2) is 48.5 Å². The number of anilines is 1. The zero-order chi connectivity index (χ0) is 15.1. The number of furan rings is 1. The zero-order valence-electron chi connectivity index (χ0n) is 12.6. The molecule has 0 spiro atoms. The molecule has 2 N–H and O–H groups in total. The Labute approximate surface area is 128 Å². The van der Waals surface area contributed by atoms with Gasteiger partial charge in [-0.2, -0.15) is 0 Å². The van der Waals surface area contributed by atoms with Crippen LogP contribution >= 0.6 is 0 Å². The predicted molar refractivity (Wildman–Crippen MR) is 84.0 cm³/mol. The number of fused-ring (bicyclic) bond motifs is 3. The topological polar surface area (TPSA) is 70.4 Å². The van der Waals surface area contributed by atoms with Gasteiger partial charge in [-0.05, 0) is 31.4 Å². The molecule has 1 amide bonds. The van der Waals surface area contributed by atoms with E-state index in [1.54, 1.807) is 19.3 Å². The van der Waals surface area contributed by atoms with Crippen LogP contribution in [0.2, 0.25) is 0 Å². The number of nitrogens with zero attached hydrogens (tertiary/aromatic N) is 2. The maximum Gasteiger partial charge on any atom is 0.270 e. The molecule has 2 aliphatic rings.